The molecule has 0 spiro atoms. The lowest BCUT2D eigenvalue weighted by atomic mass is 9.89. The van der Waals surface area contributed by atoms with Gasteiger partial charge in [-0.3, -0.25) is 19.4 Å². The van der Waals surface area contributed by atoms with Gasteiger partial charge in [0.15, 0.2) is 5.78 Å². The molecule has 1 aliphatic carbocycles. The molecule has 1 aromatic carbocycles. The predicted molar refractivity (Wildman–Crippen MR) is 156 cm³/mol. The van der Waals surface area contributed by atoms with Gasteiger partial charge in [-0.15, -0.1) is 0 Å². The minimum Gasteiger partial charge on any atom is -0.350 e. The van der Waals surface area contributed by atoms with E-state index in [1.807, 2.05) is 31.1 Å². The minimum absolute atomic E-state index is 0.0273. The SMILES string of the molecule is CC(=O)C1=NN(CC(=O)N(CC(=O)NCc2cccc(Cl)c2F)C(C)C)C2CC=C(c3cnc(N(C)C)nc3)C=C12. The van der Waals surface area contributed by atoms with E-state index < -0.39 is 11.7 Å². The first-order chi connectivity index (χ1) is 19.5. The molecule has 1 atom stereocenters. The molecular formula is C29H33ClFN7O3. The van der Waals surface area contributed by atoms with E-state index in [1.54, 1.807) is 37.3 Å². The Morgan fingerprint density at radius 2 is 1.90 bits per heavy atom. The Labute approximate surface area is 243 Å². The minimum atomic E-state index is -0.592. The zero-order valence-electron chi connectivity index (χ0n) is 23.7. The second-order valence-electron chi connectivity index (χ2n) is 10.4. The Bertz CT molecular complexity index is 1440. The standard InChI is InChI=1S/C29H33ClFN7O3/c1-17(2)37(15-25(40)32-12-20-7-6-8-23(30)27(20)31)26(41)16-38-24-10-9-19(11-22(24)28(35-38)18(3)39)21-13-33-29(34-14-21)36(4)5/h6-9,11,13-14,17,24H,10,12,15-16H2,1-5H3,(H,32,40). The summed E-state index contributed by atoms with van der Waals surface area (Å²) in [5.74, 6) is -0.961. The molecule has 1 N–H and O–H groups in total. The molecule has 2 heterocycles. The zero-order valence-corrected chi connectivity index (χ0v) is 24.4. The summed E-state index contributed by atoms with van der Waals surface area (Å²) in [4.78, 5) is 50.6. The van der Waals surface area contributed by atoms with Crippen LogP contribution in [0.1, 0.15) is 38.3 Å². The van der Waals surface area contributed by atoms with Crippen molar-refractivity contribution in [2.24, 2.45) is 5.10 Å². The number of carbonyl (C=O) groups is 3. The number of hydrogen-bond donors (Lipinski definition) is 1. The van der Waals surface area contributed by atoms with Crippen molar-refractivity contribution in [1.29, 1.82) is 0 Å². The number of anilines is 1. The molecule has 1 unspecified atom stereocenters. The number of nitrogens with zero attached hydrogens (tertiary/aromatic N) is 6. The van der Waals surface area contributed by atoms with Crippen molar-refractivity contribution in [2.75, 3.05) is 32.1 Å². The molecular weight excluding hydrogens is 549 g/mol. The number of fused-ring (bicyclic) bond motifs is 1. The molecule has 41 heavy (non-hydrogen) atoms. The van der Waals surface area contributed by atoms with Crippen LogP contribution in [0.5, 0.6) is 0 Å². The topological polar surface area (TPSA) is 111 Å². The second-order valence-corrected chi connectivity index (χ2v) is 10.8. The maximum absolute atomic E-state index is 14.2. The monoisotopic (exact) mass is 581 g/mol. The number of amides is 2. The van der Waals surface area contributed by atoms with Crippen molar-refractivity contribution in [1.82, 2.24) is 25.2 Å². The molecule has 0 saturated heterocycles. The van der Waals surface area contributed by atoms with Crippen LogP contribution in [0, 0.1) is 5.82 Å². The van der Waals surface area contributed by atoms with Crippen molar-refractivity contribution >= 4 is 46.4 Å². The van der Waals surface area contributed by atoms with Gasteiger partial charge in [0.25, 0.3) is 0 Å². The lowest BCUT2D eigenvalue weighted by Gasteiger charge is -2.31. The van der Waals surface area contributed by atoms with E-state index >= 15 is 0 Å². The lowest BCUT2D eigenvalue weighted by Crippen LogP contribution is -2.48. The third kappa shape index (κ3) is 6.79. The summed E-state index contributed by atoms with van der Waals surface area (Å²) in [6, 6.07) is 3.99. The third-order valence-corrected chi connectivity index (χ3v) is 7.15. The van der Waals surface area contributed by atoms with E-state index in [2.05, 4.69) is 20.4 Å². The summed E-state index contributed by atoms with van der Waals surface area (Å²) in [6.45, 7) is 4.68. The fourth-order valence-electron chi connectivity index (χ4n) is 4.65. The maximum Gasteiger partial charge on any atom is 0.244 e. The first-order valence-electron chi connectivity index (χ1n) is 13.2. The van der Waals surface area contributed by atoms with E-state index in [0.29, 0.717) is 18.1 Å². The lowest BCUT2D eigenvalue weighted by molar-refractivity contribution is -0.139. The Hall–Kier alpha value is -4.12. The summed E-state index contributed by atoms with van der Waals surface area (Å²) >= 11 is 5.82. The molecule has 12 heteroatoms. The molecule has 2 amide bonds. The van der Waals surface area contributed by atoms with Gasteiger partial charge in [-0.05, 0) is 38.0 Å². The van der Waals surface area contributed by atoms with Crippen LogP contribution in [-0.2, 0) is 20.9 Å². The van der Waals surface area contributed by atoms with Crippen LogP contribution < -0.4 is 10.2 Å². The maximum atomic E-state index is 14.2. The molecule has 0 fully saturated rings. The molecule has 1 aromatic heterocycles. The van der Waals surface area contributed by atoms with Crippen molar-refractivity contribution in [3.05, 3.63) is 70.3 Å². The number of hydrogen-bond acceptors (Lipinski definition) is 8. The molecule has 4 rings (SSSR count). The van der Waals surface area contributed by atoms with Crippen LogP contribution in [0.4, 0.5) is 10.3 Å². The normalized spacial score (nSPS) is 16.0. The van der Waals surface area contributed by atoms with E-state index in [-0.39, 0.29) is 54.0 Å². The first-order valence-corrected chi connectivity index (χ1v) is 13.6. The summed E-state index contributed by atoms with van der Waals surface area (Å²) in [5.41, 5.74) is 2.98. The number of rotatable bonds is 10. The second kappa shape index (κ2) is 12.6. The van der Waals surface area contributed by atoms with Gasteiger partial charge in [-0.25, -0.2) is 14.4 Å². The van der Waals surface area contributed by atoms with Crippen molar-refractivity contribution in [3.8, 4) is 0 Å². The van der Waals surface area contributed by atoms with Crippen LogP contribution in [0.15, 0.2) is 53.4 Å². The van der Waals surface area contributed by atoms with Crippen LogP contribution in [0.2, 0.25) is 5.02 Å². The first kappa shape index (κ1) is 29.9. The van der Waals surface area contributed by atoms with Gasteiger partial charge in [-0.2, -0.15) is 5.10 Å². The number of hydrazone groups is 1. The van der Waals surface area contributed by atoms with Gasteiger partial charge in [0.1, 0.15) is 18.1 Å². The number of aromatic nitrogens is 2. The summed E-state index contributed by atoms with van der Waals surface area (Å²) in [7, 11) is 3.72. The molecule has 0 radical (unpaired) electrons. The Morgan fingerprint density at radius 1 is 1.20 bits per heavy atom. The van der Waals surface area contributed by atoms with Gasteiger partial charge >= 0.3 is 0 Å². The number of allylic oxidation sites excluding steroid dienone is 2. The Balaban J connectivity index is 1.44. The molecule has 0 bridgehead atoms. The third-order valence-electron chi connectivity index (χ3n) is 6.86. The number of halogens is 2. The van der Waals surface area contributed by atoms with Gasteiger partial charge in [0, 0.05) is 62.7 Å². The predicted octanol–water partition coefficient (Wildman–Crippen LogP) is 3.23. The number of nitrogens with one attached hydrogen (secondary N) is 1. The fraction of sp³-hybridized carbons (Fsp3) is 0.379. The van der Waals surface area contributed by atoms with Crippen LogP contribution >= 0.6 is 11.6 Å². The zero-order chi connectivity index (χ0) is 29.8. The van der Waals surface area contributed by atoms with E-state index in [9.17, 15) is 18.8 Å². The van der Waals surface area contributed by atoms with E-state index in [0.717, 1.165) is 16.7 Å². The summed E-state index contributed by atoms with van der Waals surface area (Å²) in [5, 5.41) is 8.74. The van der Waals surface area contributed by atoms with Gasteiger partial charge in [0.2, 0.25) is 17.8 Å². The number of Topliss-reactive ketones (excluding diaryl/α,β-unsaturated/α-hetero) is 1. The van der Waals surface area contributed by atoms with Crippen LogP contribution in [0.25, 0.3) is 5.57 Å². The molecule has 10 nitrogen and oxygen atoms in total. The molecule has 2 aromatic rings. The average molecular weight is 582 g/mol. The van der Waals surface area contributed by atoms with Crippen molar-refractivity contribution < 1.29 is 18.8 Å². The van der Waals surface area contributed by atoms with Crippen molar-refractivity contribution in [3.63, 3.8) is 0 Å². The van der Waals surface area contributed by atoms with E-state index in [1.165, 1.54) is 24.0 Å². The smallest absolute Gasteiger partial charge is 0.244 e. The van der Waals surface area contributed by atoms with Crippen LogP contribution in [-0.4, -0.2) is 82.5 Å². The van der Waals surface area contributed by atoms with Crippen LogP contribution in [0.3, 0.4) is 0 Å². The highest BCUT2D eigenvalue weighted by molar-refractivity contribution is 6.46. The summed E-state index contributed by atoms with van der Waals surface area (Å²) in [6.07, 6.45) is 7.91. The summed E-state index contributed by atoms with van der Waals surface area (Å²) < 4.78 is 14.2. The van der Waals surface area contributed by atoms with Gasteiger partial charge in [-0.1, -0.05) is 29.8 Å². The molecule has 0 saturated carbocycles. The number of ketones is 1. The van der Waals surface area contributed by atoms with Gasteiger partial charge in [0.05, 0.1) is 17.6 Å². The Morgan fingerprint density at radius 3 is 2.54 bits per heavy atom. The fourth-order valence-corrected chi connectivity index (χ4v) is 4.85. The highest BCUT2D eigenvalue weighted by Crippen LogP contribution is 2.33. The van der Waals surface area contributed by atoms with Gasteiger partial charge < -0.3 is 15.1 Å². The number of benzene rings is 1. The highest BCUT2D eigenvalue weighted by Gasteiger charge is 2.37. The molecule has 2 aliphatic rings. The van der Waals surface area contributed by atoms with E-state index in [4.69, 9.17) is 11.6 Å². The Kier molecular flexibility index (Phi) is 9.17. The highest BCUT2D eigenvalue weighted by atomic mass is 35.5. The number of carbonyl (C=O) groups excluding carboxylic acids is 3. The molecule has 216 valence electrons. The van der Waals surface area contributed by atoms with Crippen molar-refractivity contribution in [2.45, 2.75) is 45.8 Å². The quantitative estimate of drug-likeness (QED) is 0.458. The largest absolute Gasteiger partial charge is 0.350 e. The molecule has 1 aliphatic heterocycles. The average Bonchev–Trinajstić information content (AvgIpc) is 3.30.